The lowest BCUT2D eigenvalue weighted by Crippen LogP contribution is -2.13. The fourth-order valence-corrected chi connectivity index (χ4v) is 2.11. The van der Waals surface area contributed by atoms with Gasteiger partial charge in [-0.25, -0.2) is 0 Å². The van der Waals surface area contributed by atoms with E-state index in [4.69, 9.17) is 4.42 Å². The third-order valence-corrected chi connectivity index (χ3v) is 3.09. The molecule has 0 fully saturated rings. The maximum absolute atomic E-state index is 11.8. The van der Waals surface area contributed by atoms with Gasteiger partial charge in [0.1, 0.15) is 0 Å². The van der Waals surface area contributed by atoms with Crippen LogP contribution in [0.4, 0.5) is 5.69 Å². The van der Waals surface area contributed by atoms with Gasteiger partial charge in [-0.2, -0.15) is 0 Å². The zero-order valence-corrected chi connectivity index (χ0v) is 12.3. The van der Waals surface area contributed by atoms with Crippen molar-refractivity contribution in [3.05, 3.63) is 40.0 Å². The van der Waals surface area contributed by atoms with Crippen molar-refractivity contribution >= 4 is 27.5 Å². The Labute approximate surface area is 119 Å². The van der Waals surface area contributed by atoms with Crippen molar-refractivity contribution in [2.45, 2.75) is 26.7 Å². The minimum Gasteiger partial charge on any atom is -0.426 e. The summed E-state index contributed by atoms with van der Waals surface area (Å²) < 4.78 is 6.21. The summed E-state index contributed by atoms with van der Waals surface area (Å²) >= 11 is 3.39. The molecule has 1 aromatic carbocycles. The number of halogens is 1. The first kappa shape index (κ1) is 13.7. The first-order valence-electron chi connectivity index (χ1n) is 5.89. The van der Waals surface area contributed by atoms with Gasteiger partial charge in [-0.15, -0.1) is 10.2 Å². The maximum Gasteiger partial charge on any atom is 0.224 e. The largest absolute Gasteiger partial charge is 0.426 e. The molecule has 0 atom stereocenters. The molecule has 0 radical (unpaired) electrons. The standard InChI is InChI=1S/C13H14BrN3O2/c1-8-7-10(14)3-4-11(8)15-12(18)5-6-13-17-16-9(2)19-13/h3-4,7H,5-6H2,1-2H3,(H,15,18). The molecule has 1 heterocycles. The lowest BCUT2D eigenvalue weighted by Gasteiger charge is -2.08. The molecule has 0 saturated carbocycles. The second-order valence-corrected chi connectivity index (χ2v) is 5.14. The van der Waals surface area contributed by atoms with E-state index in [0.717, 1.165) is 15.7 Å². The van der Waals surface area contributed by atoms with Crippen LogP contribution in [0.2, 0.25) is 0 Å². The van der Waals surface area contributed by atoms with Gasteiger partial charge in [0.2, 0.25) is 17.7 Å². The second-order valence-electron chi connectivity index (χ2n) is 4.22. The van der Waals surface area contributed by atoms with Crippen LogP contribution < -0.4 is 5.32 Å². The van der Waals surface area contributed by atoms with Crippen molar-refractivity contribution < 1.29 is 9.21 Å². The number of carbonyl (C=O) groups excluding carboxylic acids is 1. The Morgan fingerprint density at radius 3 is 2.79 bits per heavy atom. The number of nitrogens with one attached hydrogen (secondary N) is 1. The molecule has 0 aliphatic carbocycles. The van der Waals surface area contributed by atoms with Crippen LogP contribution >= 0.6 is 15.9 Å². The third-order valence-electron chi connectivity index (χ3n) is 2.60. The molecule has 0 saturated heterocycles. The topological polar surface area (TPSA) is 68.0 Å². The highest BCUT2D eigenvalue weighted by atomic mass is 79.9. The van der Waals surface area contributed by atoms with Crippen molar-refractivity contribution in [3.8, 4) is 0 Å². The van der Waals surface area contributed by atoms with Gasteiger partial charge < -0.3 is 9.73 Å². The van der Waals surface area contributed by atoms with E-state index in [1.807, 2.05) is 25.1 Å². The molecule has 0 aliphatic heterocycles. The Morgan fingerprint density at radius 1 is 1.37 bits per heavy atom. The fraction of sp³-hybridized carbons (Fsp3) is 0.308. The number of nitrogens with zero attached hydrogens (tertiary/aromatic N) is 2. The first-order valence-corrected chi connectivity index (χ1v) is 6.69. The molecule has 1 N–H and O–H groups in total. The number of aromatic nitrogens is 2. The van der Waals surface area contributed by atoms with Gasteiger partial charge in [0.05, 0.1) is 0 Å². The molecule has 19 heavy (non-hydrogen) atoms. The highest BCUT2D eigenvalue weighted by Crippen LogP contribution is 2.20. The highest BCUT2D eigenvalue weighted by Gasteiger charge is 2.08. The molecule has 0 aliphatic rings. The molecule has 1 amide bonds. The maximum atomic E-state index is 11.8. The lowest BCUT2D eigenvalue weighted by atomic mass is 10.2. The van der Waals surface area contributed by atoms with Crippen LogP contribution in [-0.2, 0) is 11.2 Å². The van der Waals surface area contributed by atoms with Gasteiger partial charge in [-0.1, -0.05) is 15.9 Å². The zero-order chi connectivity index (χ0) is 13.8. The van der Waals surface area contributed by atoms with E-state index < -0.39 is 0 Å². The summed E-state index contributed by atoms with van der Waals surface area (Å²) in [5.41, 5.74) is 1.83. The summed E-state index contributed by atoms with van der Waals surface area (Å²) in [5.74, 6) is 0.931. The normalized spacial score (nSPS) is 10.5. The summed E-state index contributed by atoms with van der Waals surface area (Å²) in [6, 6.07) is 5.72. The number of rotatable bonds is 4. The monoisotopic (exact) mass is 323 g/mol. The van der Waals surface area contributed by atoms with E-state index in [0.29, 0.717) is 24.6 Å². The Hall–Kier alpha value is -1.69. The van der Waals surface area contributed by atoms with Gasteiger partial charge in [-0.05, 0) is 30.7 Å². The third kappa shape index (κ3) is 3.89. The van der Waals surface area contributed by atoms with Crippen LogP contribution in [0.1, 0.15) is 23.8 Å². The van der Waals surface area contributed by atoms with Crippen LogP contribution in [0.15, 0.2) is 27.1 Å². The Balaban J connectivity index is 1.90. The van der Waals surface area contributed by atoms with Crippen molar-refractivity contribution in [2.24, 2.45) is 0 Å². The molecule has 100 valence electrons. The predicted octanol–water partition coefficient (Wildman–Crippen LogP) is 3.02. The molecule has 0 bridgehead atoms. The molecule has 0 spiro atoms. The van der Waals surface area contributed by atoms with E-state index in [1.54, 1.807) is 6.92 Å². The van der Waals surface area contributed by atoms with E-state index >= 15 is 0 Å². The quantitative estimate of drug-likeness (QED) is 0.939. The minimum absolute atomic E-state index is 0.0683. The smallest absolute Gasteiger partial charge is 0.224 e. The van der Waals surface area contributed by atoms with Gasteiger partial charge in [0.25, 0.3) is 0 Å². The summed E-state index contributed by atoms with van der Waals surface area (Å²) in [7, 11) is 0. The number of hydrogen-bond acceptors (Lipinski definition) is 4. The number of anilines is 1. The highest BCUT2D eigenvalue weighted by molar-refractivity contribution is 9.10. The Bertz CT molecular complexity index is 595. The Kier molecular flexibility index (Phi) is 4.31. The first-order chi connectivity index (χ1) is 9.04. The van der Waals surface area contributed by atoms with Crippen LogP contribution in [0.3, 0.4) is 0 Å². The van der Waals surface area contributed by atoms with E-state index in [1.165, 1.54) is 0 Å². The van der Waals surface area contributed by atoms with E-state index in [9.17, 15) is 4.79 Å². The summed E-state index contributed by atoms with van der Waals surface area (Å²) in [6.45, 7) is 3.67. The fourth-order valence-electron chi connectivity index (χ4n) is 1.64. The molecular weight excluding hydrogens is 310 g/mol. The van der Waals surface area contributed by atoms with Crippen molar-refractivity contribution in [3.63, 3.8) is 0 Å². The van der Waals surface area contributed by atoms with Crippen molar-refractivity contribution in [1.82, 2.24) is 10.2 Å². The van der Waals surface area contributed by atoms with Gasteiger partial charge >= 0.3 is 0 Å². The number of carbonyl (C=O) groups is 1. The Morgan fingerprint density at radius 2 is 2.16 bits per heavy atom. The number of hydrogen-bond donors (Lipinski definition) is 1. The van der Waals surface area contributed by atoms with Crippen LogP contribution in [0, 0.1) is 13.8 Å². The molecule has 2 rings (SSSR count). The lowest BCUT2D eigenvalue weighted by molar-refractivity contribution is -0.116. The summed E-state index contributed by atoms with van der Waals surface area (Å²) in [4.78, 5) is 11.8. The molecular formula is C13H14BrN3O2. The number of benzene rings is 1. The van der Waals surface area contributed by atoms with E-state index in [-0.39, 0.29) is 5.91 Å². The second kappa shape index (κ2) is 5.97. The van der Waals surface area contributed by atoms with Gasteiger partial charge in [0.15, 0.2) is 0 Å². The zero-order valence-electron chi connectivity index (χ0n) is 10.7. The molecule has 6 heteroatoms. The van der Waals surface area contributed by atoms with Crippen LogP contribution in [-0.4, -0.2) is 16.1 Å². The van der Waals surface area contributed by atoms with Gasteiger partial charge in [-0.3, -0.25) is 4.79 Å². The average Bonchev–Trinajstić information content (AvgIpc) is 2.76. The molecule has 0 unspecified atom stereocenters. The SMILES string of the molecule is Cc1nnc(CCC(=O)Nc2ccc(Br)cc2C)o1. The van der Waals surface area contributed by atoms with E-state index in [2.05, 4.69) is 31.4 Å². The van der Waals surface area contributed by atoms with Crippen LogP contribution in [0.25, 0.3) is 0 Å². The summed E-state index contributed by atoms with van der Waals surface area (Å²) in [5, 5.41) is 10.4. The van der Waals surface area contributed by atoms with Crippen LogP contribution in [0.5, 0.6) is 0 Å². The van der Waals surface area contributed by atoms with Gasteiger partial charge in [0, 0.05) is 29.9 Å². The molecule has 1 aromatic heterocycles. The average molecular weight is 324 g/mol. The molecule has 2 aromatic rings. The predicted molar refractivity (Wildman–Crippen MR) is 74.9 cm³/mol. The minimum atomic E-state index is -0.0683. The van der Waals surface area contributed by atoms with Crippen molar-refractivity contribution in [1.29, 1.82) is 0 Å². The number of aryl methyl sites for hydroxylation is 3. The van der Waals surface area contributed by atoms with Crippen molar-refractivity contribution in [2.75, 3.05) is 5.32 Å². The molecule has 5 nitrogen and oxygen atoms in total. The summed E-state index contributed by atoms with van der Waals surface area (Å²) in [6.07, 6.45) is 0.763. The number of amides is 1.